The maximum Gasteiger partial charge on any atom is 0.418 e. The van der Waals surface area contributed by atoms with Crippen LogP contribution >= 0.6 is 23.4 Å². The third-order valence-corrected chi connectivity index (χ3v) is 5.46. The Morgan fingerprint density at radius 2 is 1.97 bits per heavy atom. The summed E-state index contributed by atoms with van der Waals surface area (Å²) in [5.41, 5.74) is 0.188. The van der Waals surface area contributed by atoms with E-state index in [1.165, 1.54) is 18.5 Å². The molecule has 0 fully saturated rings. The molecule has 0 saturated carbocycles. The number of hydrogen-bond donors (Lipinski definition) is 1. The van der Waals surface area contributed by atoms with E-state index in [1.54, 1.807) is 10.6 Å². The summed E-state index contributed by atoms with van der Waals surface area (Å²) in [6.07, 6.45) is -3.17. The Bertz CT molecular complexity index is 1140. The molecule has 1 N–H and O–H groups in total. The molecule has 168 valence electrons. The molecule has 0 bridgehead atoms. The lowest BCUT2D eigenvalue weighted by Gasteiger charge is -2.13. The first-order valence-corrected chi connectivity index (χ1v) is 10.4. The SMILES string of the molecule is Cc1ccc(-n2cnnc2SCC(=O)OCC(=O)Nc2ccccc2C(F)(F)F)cc1Cl. The number of rotatable bonds is 7. The second kappa shape index (κ2) is 10.0. The number of aromatic nitrogens is 3. The van der Waals surface area contributed by atoms with Crippen molar-refractivity contribution in [2.24, 2.45) is 0 Å². The summed E-state index contributed by atoms with van der Waals surface area (Å²) in [6.45, 7) is 1.13. The van der Waals surface area contributed by atoms with Gasteiger partial charge in [-0.15, -0.1) is 10.2 Å². The van der Waals surface area contributed by atoms with Crippen LogP contribution < -0.4 is 5.32 Å². The Morgan fingerprint density at radius 1 is 1.22 bits per heavy atom. The van der Waals surface area contributed by atoms with Crippen molar-refractivity contribution in [3.63, 3.8) is 0 Å². The van der Waals surface area contributed by atoms with Crippen LogP contribution in [0.3, 0.4) is 0 Å². The fourth-order valence-electron chi connectivity index (χ4n) is 2.57. The summed E-state index contributed by atoms with van der Waals surface area (Å²) in [4.78, 5) is 23.9. The molecule has 2 aromatic carbocycles. The zero-order chi connectivity index (χ0) is 23.3. The van der Waals surface area contributed by atoms with E-state index >= 15 is 0 Å². The van der Waals surface area contributed by atoms with Gasteiger partial charge in [0.15, 0.2) is 11.8 Å². The van der Waals surface area contributed by atoms with Crippen LogP contribution in [0.5, 0.6) is 0 Å². The molecule has 7 nitrogen and oxygen atoms in total. The maximum absolute atomic E-state index is 13.0. The molecule has 3 aromatic rings. The molecule has 1 heterocycles. The Balaban J connectivity index is 1.53. The van der Waals surface area contributed by atoms with Gasteiger partial charge in [0.1, 0.15) is 6.33 Å². The van der Waals surface area contributed by atoms with Crippen molar-refractivity contribution in [1.29, 1.82) is 0 Å². The highest BCUT2D eigenvalue weighted by Crippen LogP contribution is 2.34. The molecule has 0 aliphatic heterocycles. The lowest BCUT2D eigenvalue weighted by Crippen LogP contribution is -2.23. The van der Waals surface area contributed by atoms with Crippen molar-refractivity contribution in [1.82, 2.24) is 14.8 Å². The largest absolute Gasteiger partial charge is 0.455 e. The van der Waals surface area contributed by atoms with Gasteiger partial charge in [-0.1, -0.05) is 41.6 Å². The van der Waals surface area contributed by atoms with Gasteiger partial charge in [0.05, 0.1) is 22.7 Å². The number of carbonyl (C=O) groups is 2. The number of carbonyl (C=O) groups excluding carboxylic acids is 2. The molecular formula is C20H16ClF3N4O3S. The summed E-state index contributed by atoms with van der Waals surface area (Å²) in [5, 5.41) is 10.8. The average molecular weight is 485 g/mol. The topological polar surface area (TPSA) is 86.1 Å². The van der Waals surface area contributed by atoms with Gasteiger partial charge in [0.25, 0.3) is 5.91 Å². The number of halogens is 4. The van der Waals surface area contributed by atoms with Crippen molar-refractivity contribution in [2.45, 2.75) is 18.3 Å². The number of amides is 1. The van der Waals surface area contributed by atoms with Crippen LogP contribution in [0, 0.1) is 6.92 Å². The minimum Gasteiger partial charge on any atom is -0.455 e. The van der Waals surface area contributed by atoms with Crippen LogP contribution in [0.15, 0.2) is 53.9 Å². The number of ether oxygens (including phenoxy) is 1. The first-order chi connectivity index (χ1) is 15.1. The second-order valence-corrected chi connectivity index (χ2v) is 7.81. The van der Waals surface area contributed by atoms with Crippen molar-refractivity contribution >= 4 is 40.9 Å². The summed E-state index contributed by atoms with van der Waals surface area (Å²) < 4.78 is 45.4. The number of alkyl halides is 3. The number of anilines is 1. The van der Waals surface area contributed by atoms with E-state index in [-0.39, 0.29) is 5.75 Å². The second-order valence-electron chi connectivity index (χ2n) is 6.46. The highest BCUT2D eigenvalue weighted by atomic mass is 35.5. The van der Waals surface area contributed by atoms with E-state index in [1.807, 2.05) is 19.1 Å². The molecule has 1 amide bonds. The number of para-hydroxylation sites is 1. The zero-order valence-electron chi connectivity index (χ0n) is 16.5. The normalized spacial score (nSPS) is 11.3. The van der Waals surface area contributed by atoms with Crippen molar-refractivity contribution in [2.75, 3.05) is 17.7 Å². The minimum atomic E-state index is -4.63. The molecule has 32 heavy (non-hydrogen) atoms. The lowest BCUT2D eigenvalue weighted by atomic mass is 10.1. The molecule has 0 atom stereocenters. The van der Waals surface area contributed by atoms with Gasteiger partial charge in [-0.3, -0.25) is 14.2 Å². The number of nitrogens with one attached hydrogen (secondary N) is 1. The Kier molecular flexibility index (Phi) is 7.41. The van der Waals surface area contributed by atoms with Gasteiger partial charge in [0.2, 0.25) is 0 Å². The highest BCUT2D eigenvalue weighted by molar-refractivity contribution is 7.99. The molecule has 0 unspecified atom stereocenters. The smallest absolute Gasteiger partial charge is 0.418 e. The van der Waals surface area contributed by atoms with Gasteiger partial charge in [0, 0.05) is 5.02 Å². The van der Waals surface area contributed by atoms with Gasteiger partial charge in [-0.2, -0.15) is 13.2 Å². The average Bonchev–Trinajstić information content (AvgIpc) is 3.21. The standard InChI is InChI=1S/C20H16ClF3N4O3S/c1-12-6-7-13(8-15(12)21)28-11-25-27-19(28)32-10-18(30)31-9-17(29)26-16-5-3-2-4-14(16)20(22,23)24/h2-8,11H,9-10H2,1H3,(H,26,29). The molecule has 3 rings (SSSR count). The van der Waals surface area contributed by atoms with Crippen molar-refractivity contribution < 1.29 is 27.5 Å². The monoisotopic (exact) mass is 484 g/mol. The highest BCUT2D eigenvalue weighted by Gasteiger charge is 2.33. The fourth-order valence-corrected chi connectivity index (χ4v) is 3.47. The van der Waals surface area contributed by atoms with Crippen LogP contribution in [0.25, 0.3) is 5.69 Å². The number of hydrogen-bond acceptors (Lipinski definition) is 6. The minimum absolute atomic E-state index is 0.190. The van der Waals surface area contributed by atoms with Crippen molar-refractivity contribution in [3.8, 4) is 5.69 Å². The van der Waals surface area contributed by atoms with E-state index in [2.05, 4.69) is 15.5 Å². The summed E-state index contributed by atoms with van der Waals surface area (Å²) in [6, 6.07) is 9.89. The van der Waals surface area contributed by atoms with E-state index in [0.29, 0.717) is 15.9 Å². The Labute approximate surface area is 189 Å². The van der Waals surface area contributed by atoms with Crippen LogP contribution in [0.2, 0.25) is 5.02 Å². The van der Waals surface area contributed by atoms with Gasteiger partial charge >= 0.3 is 12.1 Å². The fraction of sp³-hybridized carbons (Fsp3) is 0.200. The molecule has 12 heteroatoms. The molecule has 0 aliphatic rings. The van der Waals surface area contributed by atoms with Crippen LogP contribution in [0.1, 0.15) is 11.1 Å². The number of esters is 1. The molecule has 0 spiro atoms. The first-order valence-electron chi connectivity index (χ1n) is 9.06. The third kappa shape index (κ3) is 6.01. The lowest BCUT2D eigenvalue weighted by molar-refractivity contribution is -0.144. The molecular weight excluding hydrogens is 469 g/mol. The van der Waals surface area contributed by atoms with Crippen LogP contribution in [0.4, 0.5) is 18.9 Å². The van der Waals surface area contributed by atoms with Crippen molar-refractivity contribution in [3.05, 3.63) is 64.9 Å². The predicted octanol–water partition coefficient (Wildman–Crippen LogP) is 4.52. The molecule has 0 radical (unpaired) electrons. The summed E-state index contributed by atoms with van der Waals surface area (Å²) in [5.74, 6) is -1.83. The van der Waals surface area contributed by atoms with E-state index in [0.717, 1.165) is 29.5 Å². The van der Waals surface area contributed by atoms with E-state index < -0.39 is 35.9 Å². The third-order valence-electron chi connectivity index (χ3n) is 4.14. The van der Waals surface area contributed by atoms with Crippen LogP contribution in [-0.4, -0.2) is 39.0 Å². The van der Waals surface area contributed by atoms with Crippen LogP contribution in [-0.2, 0) is 20.5 Å². The predicted molar refractivity (Wildman–Crippen MR) is 113 cm³/mol. The quantitative estimate of drug-likeness (QED) is 0.392. The number of aryl methyl sites for hydroxylation is 1. The Hall–Kier alpha value is -3.05. The zero-order valence-corrected chi connectivity index (χ0v) is 18.1. The van der Waals surface area contributed by atoms with E-state index in [4.69, 9.17) is 16.3 Å². The maximum atomic E-state index is 13.0. The molecule has 0 aliphatic carbocycles. The summed E-state index contributed by atoms with van der Waals surface area (Å²) in [7, 11) is 0. The van der Waals surface area contributed by atoms with Gasteiger partial charge in [-0.25, -0.2) is 0 Å². The van der Waals surface area contributed by atoms with Gasteiger partial charge in [-0.05, 0) is 36.8 Å². The number of thioether (sulfide) groups is 1. The van der Waals surface area contributed by atoms with Gasteiger partial charge < -0.3 is 10.1 Å². The summed E-state index contributed by atoms with van der Waals surface area (Å²) >= 11 is 7.16. The number of nitrogens with zero attached hydrogens (tertiary/aromatic N) is 3. The molecule has 1 aromatic heterocycles. The van der Waals surface area contributed by atoms with E-state index in [9.17, 15) is 22.8 Å². The first kappa shape index (κ1) is 23.6. The molecule has 0 saturated heterocycles. The number of benzene rings is 2. The Morgan fingerprint density at radius 3 is 2.69 bits per heavy atom.